The van der Waals surface area contributed by atoms with E-state index in [9.17, 15) is 4.79 Å². The van der Waals surface area contributed by atoms with Crippen LogP contribution in [0.5, 0.6) is 0 Å². The van der Waals surface area contributed by atoms with E-state index in [-0.39, 0.29) is 36.0 Å². The molecule has 0 aromatic rings. The third-order valence-electron chi connectivity index (χ3n) is 4.52. The molecule has 0 spiro atoms. The van der Waals surface area contributed by atoms with Crippen LogP contribution in [0, 0.1) is 5.92 Å². The van der Waals surface area contributed by atoms with Crippen LogP contribution in [0.4, 0.5) is 0 Å². The van der Waals surface area contributed by atoms with Crippen molar-refractivity contribution in [1.29, 1.82) is 0 Å². The lowest BCUT2D eigenvalue weighted by molar-refractivity contribution is -0.145. The number of esters is 1. The first-order valence-electron chi connectivity index (χ1n) is 6.87. The molecule has 5 heteroatoms. The zero-order valence-corrected chi connectivity index (χ0v) is 12.4. The Kier molecular flexibility index (Phi) is 3.80. The number of allylic oxidation sites excluding steroid dienone is 2. The van der Waals surface area contributed by atoms with E-state index >= 15 is 0 Å². The first-order chi connectivity index (χ1) is 8.77. The molecule has 2 rings (SSSR count). The summed E-state index contributed by atoms with van der Waals surface area (Å²) in [5, 5.41) is 0. The Hall–Kier alpha value is -0.805. The van der Waals surface area contributed by atoms with Gasteiger partial charge in [-0.3, -0.25) is 4.79 Å². The summed E-state index contributed by atoms with van der Waals surface area (Å²) in [7, 11) is 1.15. The van der Waals surface area contributed by atoms with Crippen LogP contribution in [0.2, 0.25) is 5.82 Å². The summed E-state index contributed by atoms with van der Waals surface area (Å²) in [6, 6.07) is 0. The summed E-state index contributed by atoms with van der Waals surface area (Å²) < 4.78 is 16.9. The van der Waals surface area contributed by atoms with Gasteiger partial charge >= 0.3 is 13.1 Å². The average Bonchev–Trinajstić information content (AvgIpc) is 2.58. The van der Waals surface area contributed by atoms with Crippen LogP contribution in [0.3, 0.4) is 0 Å². The Morgan fingerprint density at radius 2 is 1.84 bits per heavy atom. The monoisotopic (exact) mass is 266 g/mol. The molecule has 0 aromatic heterocycles. The fourth-order valence-corrected chi connectivity index (χ4v) is 2.55. The lowest BCUT2D eigenvalue weighted by Crippen LogP contribution is -2.41. The molecule has 0 bridgehead atoms. The third kappa shape index (κ3) is 2.72. The molecule has 0 aromatic carbocycles. The van der Waals surface area contributed by atoms with E-state index in [0.29, 0.717) is 0 Å². The highest BCUT2D eigenvalue weighted by Gasteiger charge is 2.53. The van der Waals surface area contributed by atoms with Crippen molar-refractivity contribution in [3.63, 3.8) is 0 Å². The normalized spacial score (nSPS) is 32.4. The van der Waals surface area contributed by atoms with E-state index in [1.165, 1.54) is 7.11 Å². The van der Waals surface area contributed by atoms with Crippen molar-refractivity contribution in [1.82, 2.24) is 0 Å². The van der Waals surface area contributed by atoms with Gasteiger partial charge in [0.15, 0.2) is 0 Å². The molecule has 106 valence electrons. The van der Waals surface area contributed by atoms with E-state index in [1.807, 2.05) is 33.8 Å². The summed E-state index contributed by atoms with van der Waals surface area (Å²) in [6.45, 7) is 8.16. The second-order valence-corrected chi connectivity index (χ2v) is 6.41. The Bertz CT molecular complexity index is 373. The van der Waals surface area contributed by atoms with E-state index in [1.54, 1.807) is 0 Å². The van der Waals surface area contributed by atoms with Crippen LogP contribution in [-0.4, -0.2) is 31.4 Å². The minimum absolute atomic E-state index is 0.0842. The van der Waals surface area contributed by atoms with E-state index in [0.717, 1.165) is 12.8 Å². The first kappa shape index (κ1) is 14.6. The van der Waals surface area contributed by atoms with Gasteiger partial charge in [0.05, 0.1) is 24.2 Å². The van der Waals surface area contributed by atoms with Crippen molar-refractivity contribution in [2.24, 2.45) is 5.92 Å². The van der Waals surface area contributed by atoms with Crippen molar-refractivity contribution in [2.75, 3.05) is 7.11 Å². The minimum atomic E-state index is -0.330. The lowest BCUT2D eigenvalue weighted by atomic mass is 9.65. The van der Waals surface area contributed by atoms with Gasteiger partial charge in [0.25, 0.3) is 0 Å². The molecule has 1 aliphatic carbocycles. The molecule has 19 heavy (non-hydrogen) atoms. The molecule has 0 unspecified atom stereocenters. The van der Waals surface area contributed by atoms with Crippen LogP contribution in [0.25, 0.3) is 0 Å². The van der Waals surface area contributed by atoms with Crippen molar-refractivity contribution in [3.05, 3.63) is 12.2 Å². The highest BCUT2D eigenvalue weighted by molar-refractivity contribution is 6.48. The van der Waals surface area contributed by atoms with Crippen LogP contribution in [-0.2, 0) is 18.8 Å². The molecule has 2 aliphatic rings. The summed E-state index contributed by atoms with van der Waals surface area (Å²) in [5.41, 5.74) is -0.659. The molecule has 2 atom stereocenters. The van der Waals surface area contributed by atoms with Crippen LogP contribution < -0.4 is 0 Å². The number of rotatable bonds is 2. The maximum Gasteiger partial charge on any atom is 0.465 e. The maximum absolute atomic E-state index is 11.6. The van der Waals surface area contributed by atoms with E-state index in [4.69, 9.17) is 14.0 Å². The number of carbonyl (C=O) groups is 1. The fourth-order valence-electron chi connectivity index (χ4n) is 2.55. The Morgan fingerprint density at radius 1 is 1.26 bits per heavy atom. The largest absolute Gasteiger partial charge is 0.469 e. The van der Waals surface area contributed by atoms with Crippen molar-refractivity contribution in [2.45, 2.75) is 57.6 Å². The molecule has 0 saturated carbocycles. The Balaban J connectivity index is 2.06. The van der Waals surface area contributed by atoms with Crippen LogP contribution in [0.15, 0.2) is 12.2 Å². The highest BCUT2D eigenvalue weighted by atomic mass is 16.7. The van der Waals surface area contributed by atoms with Gasteiger partial charge in [-0.1, -0.05) is 12.2 Å². The number of hydrogen-bond acceptors (Lipinski definition) is 4. The van der Waals surface area contributed by atoms with Gasteiger partial charge in [-0.2, -0.15) is 0 Å². The molecular formula is C14H23BO4. The van der Waals surface area contributed by atoms with Gasteiger partial charge in [0.2, 0.25) is 0 Å². The Labute approximate surface area is 115 Å². The predicted octanol–water partition coefficient (Wildman–Crippen LogP) is 2.59. The molecular weight excluding hydrogens is 243 g/mol. The molecule has 1 saturated heterocycles. The zero-order valence-electron chi connectivity index (χ0n) is 12.4. The van der Waals surface area contributed by atoms with Gasteiger partial charge in [-0.15, -0.1) is 0 Å². The van der Waals surface area contributed by atoms with Gasteiger partial charge < -0.3 is 14.0 Å². The van der Waals surface area contributed by atoms with Gasteiger partial charge in [-0.25, -0.2) is 0 Å². The maximum atomic E-state index is 11.6. The zero-order chi connectivity index (χ0) is 14.3. The molecule has 0 radical (unpaired) electrons. The van der Waals surface area contributed by atoms with Crippen LogP contribution in [0.1, 0.15) is 40.5 Å². The third-order valence-corrected chi connectivity index (χ3v) is 4.52. The number of ether oxygens (including phenoxy) is 1. The Morgan fingerprint density at radius 3 is 2.37 bits per heavy atom. The molecule has 4 nitrogen and oxygen atoms in total. The second-order valence-electron chi connectivity index (χ2n) is 6.41. The average molecular weight is 266 g/mol. The molecule has 1 aliphatic heterocycles. The lowest BCUT2D eigenvalue weighted by Gasteiger charge is -2.32. The highest BCUT2D eigenvalue weighted by Crippen LogP contribution is 2.43. The van der Waals surface area contributed by atoms with Crippen LogP contribution >= 0.6 is 0 Å². The smallest absolute Gasteiger partial charge is 0.465 e. The van der Waals surface area contributed by atoms with E-state index in [2.05, 4.69) is 6.08 Å². The number of carbonyl (C=O) groups excluding carboxylic acids is 1. The molecule has 1 fully saturated rings. The van der Waals surface area contributed by atoms with Crippen molar-refractivity contribution >= 4 is 13.1 Å². The van der Waals surface area contributed by atoms with Crippen molar-refractivity contribution < 1.29 is 18.8 Å². The molecule has 1 heterocycles. The standard InChI is InChI=1S/C14H23BO4/c1-13(2)14(3,4)19-15(18-13)11-8-6-7-10(9-11)12(16)17-5/h6,8,10-11H,7,9H2,1-5H3/t10-,11+/m1/s1. The number of hydrogen-bond donors (Lipinski definition) is 0. The van der Waals surface area contributed by atoms with Gasteiger partial charge in [0, 0.05) is 5.82 Å². The van der Waals surface area contributed by atoms with Crippen molar-refractivity contribution in [3.8, 4) is 0 Å². The molecule has 0 amide bonds. The quantitative estimate of drug-likeness (QED) is 0.438. The van der Waals surface area contributed by atoms with E-state index < -0.39 is 0 Å². The minimum Gasteiger partial charge on any atom is -0.469 e. The predicted molar refractivity (Wildman–Crippen MR) is 73.7 cm³/mol. The topological polar surface area (TPSA) is 44.8 Å². The summed E-state index contributed by atoms with van der Waals surface area (Å²) >= 11 is 0. The second kappa shape index (κ2) is 4.95. The fraction of sp³-hybridized carbons (Fsp3) is 0.786. The summed E-state index contributed by atoms with van der Waals surface area (Å²) in [4.78, 5) is 11.6. The molecule has 0 N–H and O–H groups in total. The SMILES string of the molecule is COC(=O)[C@@H]1CC=C[C@H](B2OC(C)(C)C(C)(C)O2)C1. The summed E-state index contributed by atoms with van der Waals surface area (Å²) in [6.07, 6.45) is 5.59. The van der Waals surface area contributed by atoms with Gasteiger partial charge in [-0.05, 0) is 40.5 Å². The summed E-state index contributed by atoms with van der Waals surface area (Å²) in [5.74, 6) is -0.121. The number of methoxy groups -OCH3 is 1. The first-order valence-corrected chi connectivity index (χ1v) is 6.87. The van der Waals surface area contributed by atoms with Gasteiger partial charge in [0.1, 0.15) is 0 Å².